The number of rotatable bonds is 5. The summed E-state index contributed by atoms with van der Waals surface area (Å²) in [5, 5.41) is 5.60. The van der Waals surface area contributed by atoms with Crippen LogP contribution in [0.25, 0.3) is 0 Å². The van der Waals surface area contributed by atoms with E-state index < -0.39 is 17.8 Å². The first-order valence-electron chi connectivity index (χ1n) is 10.1. The van der Waals surface area contributed by atoms with Crippen LogP contribution in [0.2, 0.25) is 0 Å². The highest BCUT2D eigenvalue weighted by atomic mass is 19.1. The SMILES string of the molecule is CCN1C(=O)N[C@H](c2cccc(C)c2)C2=C1CN(CC(=O)Nc1ccc(F)cc1)C2=O. The van der Waals surface area contributed by atoms with Crippen LogP contribution in [-0.4, -0.2) is 47.3 Å². The molecule has 0 aromatic heterocycles. The van der Waals surface area contributed by atoms with E-state index in [4.69, 9.17) is 0 Å². The van der Waals surface area contributed by atoms with Crippen LogP contribution < -0.4 is 10.6 Å². The summed E-state index contributed by atoms with van der Waals surface area (Å²) in [5.41, 5.74) is 3.40. The van der Waals surface area contributed by atoms with Gasteiger partial charge in [-0.2, -0.15) is 0 Å². The van der Waals surface area contributed by atoms with Crippen molar-refractivity contribution in [3.05, 3.63) is 76.7 Å². The summed E-state index contributed by atoms with van der Waals surface area (Å²) in [6.45, 7) is 4.20. The summed E-state index contributed by atoms with van der Waals surface area (Å²) in [6.07, 6.45) is 0. The van der Waals surface area contributed by atoms with Gasteiger partial charge in [-0.05, 0) is 43.7 Å². The predicted molar refractivity (Wildman–Crippen MR) is 113 cm³/mol. The van der Waals surface area contributed by atoms with Crippen LogP contribution in [0.4, 0.5) is 14.9 Å². The molecule has 4 amide bonds. The predicted octanol–water partition coefficient (Wildman–Crippen LogP) is 2.96. The molecule has 2 N–H and O–H groups in total. The summed E-state index contributed by atoms with van der Waals surface area (Å²) in [5.74, 6) is -1.08. The number of hydrogen-bond donors (Lipinski definition) is 2. The zero-order valence-electron chi connectivity index (χ0n) is 17.3. The number of hydrogen-bond acceptors (Lipinski definition) is 3. The summed E-state index contributed by atoms with van der Waals surface area (Å²) in [7, 11) is 0. The van der Waals surface area contributed by atoms with Crippen molar-refractivity contribution >= 4 is 23.5 Å². The average molecular weight is 422 g/mol. The van der Waals surface area contributed by atoms with E-state index in [1.165, 1.54) is 34.1 Å². The van der Waals surface area contributed by atoms with Crippen LogP contribution in [-0.2, 0) is 9.59 Å². The number of carbonyl (C=O) groups excluding carboxylic acids is 3. The fourth-order valence-electron chi connectivity index (χ4n) is 4.02. The Hall–Kier alpha value is -3.68. The molecule has 2 aliphatic heterocycles. The smallest absolute Gasteiger partial charge is 0.322 e. The van der Waals surface area contributed by atoms with Gasteiger partial charge in [0.2, 0.25) is 5.91 Å². The highest BCUT2D eigenvalue weighted by Gasteiger charge is 2.43. The summed E-state index contributed by atoms with van der Waals surface area (Å²) < 4.78 is 13.1. The van der Waals surface area contributed by atoms with Gasteiger partial charge in [0.25, 0.3) is 5.91 Å². The van der Waals surface area contributed by atoms with Crippen LogP contribution in [0.15, 0.2) is 59.8 Å². The maximum absolute atomic E-state index is 13.3. The molecule has 31 heavy (non-hydrogen) atoms. The Morgan fingerprint density at radius 1 is 1.19 bits per heavy atom. The Morgan fingerprint density at radius 2 is 1.94 bits per heavy atom. The van der Waals surface area contributed by atoms with Gasteiger partial charge < -0.3 is 15.5 Å². The van der Waals surface area contributed by atoms with Crippen molar-refractivity contribution in [3.8, 4) is 0 Å². The summed E-state index contributed by atoms with van der Waals surface area (Å²) >= 11 is 0. The second kappa shape index (κ2) is 8.22. The van der Waals surface area contributed by atoms with Gasteiger partial charge in [0.1, 0.15) is 12.4 Å². The van der Waals surface area contributed by atoms with E-state index in [0.29, 0.717) is 23.5 Å². The minimum absolute atomic E-state index is 0.171. The monoisotopic (exact) mass is 422 g/mol. The molecule has 0 fully saturated rings. The molecular formula is C23H23FN4O3. The number of nitrogens with zero attached hydrogens (tertiary/aromatic N) is 2. The molecule has 160 valence electrons. The molecule has 1 atom stereocenters. The van der Waals surface area contributed by atoms with Gasteiger partial charge in [0, 0.05) is 12.2 Å². The minimum atomic E-state index is -0.567. The number of carbonyl (C=O) groups is 3. The highest BCUT2D eigenvalue weighted by Crippen LogP contribution is 2.36. The number of benzene rings is 2. The van der Waals surface area contributed by atoms with Crippen molar-refractivity contribution in [2.24, 2.45) is 0 Å². The second-order valence-corrected chi connectivity index (χ2v) is 7.62. The van der Waals surface area contributed by atoms with E-state index >= 15 is 0 Å². The van der Waals surface area contributed by atoms with Crippen LogP contribution in [0.1, 0.15) is 24.1 Å². The van der Waals surface area contributed by atoms with Crippen molar-refractivity contribution < 1.29 is 18.8 Å². The molecule has 2 aromatic carbocycles. The largest absolute Gasteiger partial charge is 0.326 e. The molecule has 2 heterocycles. The van der Waals surface area contributed by atoms with Crippen molar-refractivity contribution in [2.45, 2.75) is 19.9 Å². The van der Waals surface area contributed by atoms with Crippen molar-refractivity contribution in [1.29, 1.82) is 0 Å². The van der Waals surface area contributed by atoms with Crippen LogP contribution in [0.3, 0.4) is 0 Å². The Labute approximate surface area is 179 Å². The standard InChI is InChI=1S/C23H23FN4O3/c1-3-28-18-12-27(13-19(29)25-17-9-7-16(24)8-10-17)22(30)20(18)21(26-23(28)31)15-6-4-5-14(2)11-15/h4-11,21H,3,12-13H2,1-2H3,(H,25,29)(H,26,31)/t21-/m1/s1. The maximum Gasteiger partial charge on any atom is 0.322 e. The summed E-state index contributed by atoms with van der Waals surface area (Å²) in [4.78, 5) is 41.4. The zero-order valence-corrected chi connectivity index (χ0v) is 17.3. The molecule has 7 nitrogen and oxygen atoms in total. The third kappa shape index (κ3) is 4.01. The van der Waals surface area contributed by atoms with Crippen LogP contribution in [0.5, 0.6) is 0 Å². The van der Waals surface area contributed by atoms with Gasteiger partial charge in [-0.3, -0.25) is 14.5 Å². The Morgan fingerprint density at radius 3 is 2.61 bits per heavy atom. The molecule has 0 unspecified atom stereocenters. The van der Waals surface area contributed by atoms with E-state index in [1.807, 2.05) is 38.1 Å². The molecule has 0 radical (unpaired) electrons. The van der Waals surface area contributed by atoms with Gasteiger partial charge in [-0.1, -0.05) is 29.8 Å². The lowest BCUT2D eigenvalue weighted by Crippen LogP contribution is -2.47. The molecule has 0 spiro atoms. The maximum atomic E-state index is 13.3. The number of aryl methyl sites for hydroxylation is 1. The number of amides is 4. The lowest BCUT2D eigenvalue weighted by Gasteiger charge is -2.33. The minimum Gasteiger partial charge on any atom is -0.326 e. The van der Waals surface area contributed by atoms with E-state index in [1.54, 1.807) is 0 Å². The molecule has 4 rings (SSSR count). The van der Waals surface area contributed by atoms with Gasteiger partial charge in [-0.25, -0.2) is 9.18 Å². The molecule has 0 saturated carbocycles. The number of anilines is 1. The second-order valence-electron chi connectivity index (χ2n) is 7.62. The Kier molecular flexibility index (Phi) is 5.46. The normalized spacial score (nSPS) is 18.2. The van der Waals surface area contributed by atoms with Gasteiger partial charge >= 0.3 is 6.03 Å². The molecule has 0 bridgehead atoms. The van der Waals surface area contributed by atoms with Crippen LogP contribution in [0, 0.1) is 12.7 Å². The number of urea groups is 1. The van der Waals surface area contributed by atoms with Gasteiger partial charge in [0.15, 0.2) is 0 Å². The van der Waals surface area contributed by atoms with Crippen molar-refractivity contribution in [2.75, 3.05) is 25.0 Å². The van der Waals surface area contributed by atoms with Crippen molar-refractivity contribution in [3.63, 3.8) is 0 Å². The molecule has 8 heteroatoms. The van der Waals surface area contributed by atoms with E-state index in [2.05, 4.69) is 10.6 Å². The number of halogens is 1. The third-order valence-electron chi connectivity index (χ3n) is 5.45. The lowest BCUT2D eigenvalue weighted by molar-refractivity contribution is -0.130. The topological polar surface area (TPSA) is 81.8 Å². The van der Waals surface area contributed by atoms with E-state index in [0.717, 1.165) is 11.1 Å². The first-order chi connectivity index (χ1) is 14.9. The molecule has 2 aliphatic rings. The molecular weight excluding hydrogens is 399 g/mol. The van der Waals surface area contributed by atoms with Crippen molar-refractivity contribution in [1.82, 2.24) is 15.1 Å². The van der Waals surface area contributed by atoms with Gasteiger partial charge in [0.05, 0.1) is 23.9 Å². The Bertz CT molecular complexity index is 1080. The summed E-state index contributed by atoms with van der Waals surface area (Å²) in [6, 6.07) is 12.2. The molecule has 2 aromatic rings. The highest BCUT2D eigenvalue weighted by molar-refractivity contribution is 6.04. The van der Waals surface area contributed by atoms with E-state index in [-0.39, 0.29) is 25.0 Å². The lowest BCUT2D eigenvalue weighted by atomic mass is 9.94. The average Bonchev–Trinajstić information content (AvgIpc) is 3.05. The molecule has 0 saturated heterocycles. The zero-order chi connectivity index (χ0) is 22.1. The first-order valence-corrected chi connectivity index (χ1v) is 10.1. The Balaban J connectivity index is 1.57. The van der Waals surface area contributed by atoms with Gasteiger partial charge in [-0.15, -0.1) is 0 Å². The quantitative estimate of drug-likeness (QED) is 0.777. The fourth-order valence-corrected chi connectivity index (χ4v) is 4.02. The number of likely N-dealkylation sites (N-methyl/N-ethyl adjacent to an activating group) is 1. The third-order valence-corrected chi connectivity index (χ3v) is 5.45. The molecule has 0 aliphatic carbocycles. The van der Waals surface area contributed by atoms with E-state index in [9.17, 15) is 18.8 Å². The first kappa shape index (κ1) is 20.6. The van der Waals surface area contributed by atoms with Crippen LogP contribution >= 0.6 is 0 Å². The number of nitrogens with one attached hydrogen (secondary N) is 2. The fraction of sp³-hybridized carbons (Fsp3) is 0.261.